The number of hydrogen-bond acceptors (Lipinski definition) is 15. The molecule has 9 aromatic carbocycles. The number of aromatic nitrogens is 15. The predicted molar refractivity (Wildman–Crippen MR) is 588 cm³/mol. The van der Waals surface area contributed by atoms with E-state index in [4.69, 9.17) is 31.0 Å². The fraction of sp³-hybridized carbons (Fsp3) is 0.148. The van der Waals surface area contributed by atoms with Crippen molar-refractivity contribution < 1.29 is 9.47 Å². The molecule has 0 saturated heterocycles. The third kappa shape index (κ3) is 18.6. The topological polar surface area (TPSA) is 191 Å². The van der Waals surface area contributed by atoms with Gasteiger partial charge in [0.15, 0.2) is 17.1 Å². The summed E-state index contributed by atoms with van der Waals surface area (Å²) in [7, 11) is 0. The number of thiazole rings is 1. The molecule has 1 aliphatic heterocycles. The molecule has 23 aromatic rings. The van der Waals surface area contributed by atoms with Crippen LogP contribution in [-0.2, 0) is 77.0 Å². The average molecular weight is 1930 g/mol. The Morgan fingerprint density at radius 2 is 0.673 bits per heavy atom. The highest BCUT2D eigenvalue weighted by molar-refractivity contribution is 7.16. The molecule has 0 unspecified atom stereocenters. The van der Waals surface area contributed by atoms with Crippen molar-refractivity contribution >= 4 is 55.2 Å². The first-order valence-electron chi connectivity index (χ1n) is 50.9. The van der Waals surface area contributed by atoms with E-state index in [0.717, 1.165) is 130 Å². The van der Waals surface area contributed by atoms with Crippen molar-refractivity contribution in [2.45, 2.75) is 116 Å². The maximum absolute atomic E-state index is 7.32. The fourth-order valence-electron chi connectivity index (χ4n) is 22.2. The van der Waals surface area contributed by atoms with Crippen molar-refractivity contribution in [2.24, 2.45) is 0 Å². The standard InChI is InChI=1S/C23H18N2.C22H16N4.C21H17N3.C21H16N2S.C21H17NO2.C20H16N4/c1-2-9-22-20(7-1)19(12-14-24-22)21-8-4-13-25-23(21)18-11-10-16-5-3-6-17(16)15-18;1-23-21-13-25-20-10-9-18(14-26(20)21)19-6-3-11-24-22(19)17-8-7-15-4-2-5-16(15)12-17;1-3-15-6-7-17(13-16(15)4-1)21-19(5-2-10-23-21)18-8-9-20-22-11-12-24(20)14-18;2*1-3-14-6-7-17(11-15(14)4-1)21-18(5-2-10-22-21)16-8-9-19-20(12-16)24-13-23-19;1-3-14-6-7-16(11-15(14)4-1)20-18(5-2-10-21-20)17-8-9-19-22-13-23-24(19)12-17/h1-2,4,7-15H,3,5-6H2;3,6-14H,2,4-5H2;2,5-14H,1,3-4H2;2,5-13H,1,3-4H2;2,5-12H,1,3-4,13H2;2,5-13H,1,3-4H2. The molecule has 6 aliphatic carbocycles. The number of aryl methyl sites for hydroxylation is 12. The molecule has 710 valence electrons. The van der Waals surface area contributed by atoms with E-state index in [-0.39, 0.29) is 0 Å². The Morgan fingerprint density at radius 1 is 0.272 bits per heavy atom. The van der Waals surface area contributed by atoms with Crippen LogP contribution in [0.25, 0.3) is 177 Å². The maximum Gasteiger partial charge on any atom is 0.254 e. The van der Waals surface area contributed by atoms with Crippen LogP contribution in [0.5, 0.6) is 11.5 Å². The van der Waals surface area contributed by atoms with Crippen molar-refractivity contribution in [3.05, 3.63) is 456 Å². The Kier molecular flexibility index (Phi) is 25.0. The van der Waals surface area contributed by atoms with Crippen LogP contribution in [0.15, 0.2) is 378 Å². The summed E-state index contributed by atoms with van der Waals surface area (Å²) in [5.74, 6) is 2.13. The molecule has 0 radical (unpaired) electrons. The quantitative estimate of drug-likeness (QED) is 0.105. The number of ether oxygens (including phenoxy) is 2. The van der Waals surface area contributed by atoms with Crippen molar-refractivity contribution in [1.29, 1.82) is 0 Å². The highest BCUT2D eigenvalue weighted by atomic mass is 32.1. The van der Waals surface area contributed by atoms with Crippen LogP contribution >= 0.6 is 11.3 Å². The van der Waals surface area contributed by atoms with Crippen LogP contribution in [0.3, 0.4) is 0 Å². The smallest absolute Gasteiger partial charge is 0.254 e. The van der Waals surface area contributed by atoms with Gasteiger partial charge in [-0.25, -0.2) is 28.9 Å². The van der Waals surface area contributed by atoms with Crippen LogP contribution < -0.4 is 9.47 Å². The molecule has 0 fully saturated rings. The lowest BCUT2D eigenvalue weighted by Gasteiger charge is -2.12. The summed E-state index contributed by atoms with van der Waals surface area (Å²) in [6.07, 6.45) is 48.0. The number of hydrogen-bond donors (Lipinski definition) is 0. The Bertz CT molecular complexity index is 8530. The minimum absolute atomic E-state index is 0.295. The number of fused-ring (bicyclic) bond motifs is 12. The summed E-state index contributed by atoms with van der Waals surface area (Å²) in [6, 6.07) is 101. The maximum atomic E-state index is 7.32. The van der Waals surface area contributed by atoms with Gasteiger partial charge in [0.25, 0.3) is 5.82 Å². The summed E-state index contributed by atoms with van der Waals surface area (Å²) >= 11 is 1.68. The van der Waals surface area contributed by atoms with Crippen LogP contribution in [0.1, 0.15) is 105 Å². The Labute approximate surface area is 855 Å². The van der Waals surface area contributed by atoms with E-state index < -0.39 is 0 Å². The van der Waals surface area contributed by atoms with Crippen molar-refractivity contribution in [1.82, 2.24) is 73.2 Å². The average Bonchev–Trinajstić information content (AvgIpc) is 1.21. The molecule has 19 heteroatoms. The zero-order chi connectivity index (χ0) is 97.9. The molecular formula is C128H100N16O2S. The normalized spacial score (nSPS) is 13.4. The number of benzene rings is 9. The summed E-state index contributed by atoms with van der Waals surface area (Å²) in [5.41, 5.74) is 51.2. The molecule has 0 atom stereocenters. The van der Waals surface area contributed by atoms with E-state index in [2.05, 4.69) is 273 Å². The lowest BCUT2D eigenvalue weighted by atomic mass is 9.95. The van der Waals surface area contributed by atoms with Gasteiger partial charge in [-0.1, -0.05) is 146 Å². The first-order valence-corrected chi connectivity index (χ1v) is 51.7. The zero-order valence-electron chi connectivity index (χ0n) is 81.1. The van der Waals surface area contributed by atoms with E-state index in [0.29, 0.717) is 12.6 Å². The number of rotatable bonds is 12. The van der Waals surface area contributed by atoms with Gasteiger partial charge in [0.1, 0.15) is 12.0 Å². The van der Waals surface area contributed by atoms with E-state index in [9.17, 15) is 0 Å². The molecule has 30 rings (SSSR count). The largest absolute Gasteiger partial charge is 0.454 e. The first kappa shape index (κ1) is 90.5. The van der Waals surface area contributed by atoms with E-state index in [1.807, 2.05) is 151 Å². The summed E-state index contributed by atoms with van der Waals surface area (Å²) in [4.78, 5) is 53.4. The minimum atomic E-state index is 0.295. The molecule has 0 bridgehead atoms. The zero-order valence-corrected chi connectivity index (χ0v) is 81.9. The summed E-state index contributed by atoms with van der Waals surface area (Å²) < 4.78 is 17.8. The van der Waals surface area contributed by atoms with Crippen LogP contribution in [0, 0.1) is 6.57 Å². The van der Waals surface area contributed by atoms with Gasteiger partial charge in [-0.15, -0.1) is 11.3 Å². The molecule has 147 heavy (non-hydrogen) atoms. The molecule has 14 aromatic heterocycles. The van der Waals surface area contributed by atoms with Gasteiger partial charge < -0.3 is 18.7 Å². The predicted octanol–water partition coefficient (Wildman–Crippen LogP) is 29.2. The number of para-hydroxylation sites is 1. The molecule has 0 N–H and O–H groups in total. The summed E-state index contributed by atoms with van der Waals surface area (Å²) in [5, 5.41) is 5.41. The molecule has 0 amide bonds. The second kappa shape index (κ2) is 40.6. The Balaban J connectivity index is 0.0000000918. The van der Waals surface area contributed by atoms with Gasteiger partial charge in [-0.2, -0.15) is 5.10 Å². The lowest BCUT2D eigenvalue weighted by molar-refractivity contribution is 0.174. The Hall–Kier alpha value is -17.7. The minimum Gasteiger partial charge on any atom is -0.454 e. The third-order valence-electron chi connectivity index (χ3n) is 29.5. The van der Waals surface area contributed by atoms with E-state index >= 15 is 0 Å². The first-order chi connectivity index (χ1) is 72.8. The van der Waals surface area contributed by atoms with Gasteiger partial charge >= 0.3 is 0 Å². The monoisotopic (exact) mass is 1920 g/mol. The SMILES string of the molecule is [C-]#[N+]c1cnc2ccc(-c3cccnc3-c3ccc4c(c3)CCC4)cn12.c1cnc(-c2ccc3c(c2)CCC3)c(-c2ccc3c(c2)OCO3)c1.c1cnc(-c2ccc3c(c2)CCC3)c(-c2ccc3nccn3c2)c1.c1cnc(-c2ccc3c(c2)CCC3)c(-c2ccc3ncnn3c2)c1.c1cnc(-c2ccc3c(c2)CCC3)c(-c2ccc3ncsc3c2)c1.c1cnc(-c2ccc3c(c2)CCC3)c(-c2ccnc3ccccc23)c1. The van der Waals surface area contributed by atoms with Gasteiger partial charge in [-0.3, -0.25) is 34.9 Å². The van der Waals surface area contributed by atoms with Gasteiger partial charge in [0, 0.05) is 163 Å². The number of pyridine rings is 10. The molecule has 0 saturated carbocycles. The second-order valence-electron chi connectivity index (χ2n) is 38.4. The van der Waals surface area contributed by atoms with Gasteiger partial charge in [-0.05, 0) is 339 Å². The van der Waals surface area contributed by atoms with Crippen LogP contribution in [0.2, 0.25) is 0 Å². The molecular weight excluding hydrogens is 1830 g/mol. The van der Waals surface area contributed by atoms with Crippen LogP contribution in [0.4, 0.5) is 5.82 Å². The lowest BCUT2D eigenvalue weighted by Crippen LogP contribution is -1.93. The van der Waals surface area contributed by atoms with E-state index in [1.54, 1.807) is 28.4 Å². The highest BCUT2D eigenvalue weighted by Crippen LogP contribution is 2.45. The van der Waals surface area contributed by atoms with E-state index in [1.165, 1.54) is 236 Å². The summed E-state index contributed by atoms with van der Waals surface area (Å²) in [6.45, 7) is 7.61. The van der Waals surface area contributed by atoms with Gasteiger partial charge in [0.05, 0.1) is 67.8 Å². The number of imidazole rings is 2. The Morgan fingerprint density at radius 3 is 1.16 bits per heavy atom. The molecule has 7 aliphatic rings. The molecule has 0 spiro atoms. The van der Waals surface area contributed by atoms with Crippen molar-refractivity contribution in [2.75, 3.05) is 6.79 Å². The fourth-order valence-corrected chi connectivity index (χ4v) is 22.9. The van der Waals surface area contributed by atoms with Crippen molar-refractivity contribution in [3.63, 3.8) is 0 Å². The van der Waals surface area contributed by atoms with Crippen LogP contribution in [-0.4, -0.2) is 80.0 Å². The van der Waals surface area contributed by atoms with Gasteiger partial charge in [0.2, 0.25) is 12.4 Å². The highest BCUT2D eigenvalue weighted by Gasteiger charge is 2.26. The number of nitrogens with zero attached hydrogens (tertiary/aromatic N) is 16. The third-order valence-corrected chi connectivity index (χ3v) is 30.3. The molecule has 18 nitrogen and oxygen atoms in total. The molecule has 15 heterocycles. The van der Waals surface area contributed by atoms with Crippen molar-refractivity contribution in [3.8, 4) is 146 Å². The second-order valence-corrected chi connectivity index (χ2v) is 39.2.